The van der Waals surface area contributed by atoms with Crippen LogP contribution in [-0.2, 0) is 9.53 Å². The number of fused-ring (bicyclic) bond motifs is 1. The Morgan fingerprint density at radius 1 is 1.54 bits per heavy atom. The van der Waals surface area contributed by atoms with Gasteiger partial charge in [-0.2, -0.15) is 0 Å². The zero-order valence-electron chi connectivity index (χ0n) is 6.97. The predicted octanol–water partition coefficient (Wildman–Crippen LogP) is 0.184. The van der Waals surface area contributed by atoms with Crippen molar-refractivity contribution in [3.8, 4) is 0 Å². The number of nitrogens with zero attached hydrogens (tertiary/aromatic N) is 3. The summed E-state index contributed by atoms with van der Waals surface area (Å²) < 4.78 is 5.00. The van der Waals surface area contributed by atoms with Crippen molar-refractivity contribution in [1.29, 1.82) is 0 Å². The molecule has 0 N–H and O–H groups in total. The summed E-state index contributed by atoms with van der Waals surface area (Å²) >= 11 is 0. The molecule has 0 aromatic carbocycles. The fourth-order valence-electron chi connectivity index (χ4n) is 1.24. The molecular weight excluding hydrogens is 170 g/mol. The fraction of sp³-hybridized carbons (Fsp3) is 0.250. The molecule has 2 aliphatic heterocycles. The molecular formula is C8H7N3O2. The number of hydrogen-bond acceptors (Lipinski definition) is 4. The highest BCUT2D eigenvalue weighted by Crippen LogP contribution is 2.20. The number of aliphatic imine (C=N–C) groups is 3. The molecule has 5 nitrogen and oxygen atoms in total. The minimum Gasteiger partial charge on any atom is -0.498 e. The average Bonchev–Trinajstić information content (AvgIpc) is 2.17. The number of methoxy groups -OCH3 is 1. The number of carbonyl (C=O) groups is 1. The minimum atomic E-state index is -0.493. The molecule has 1 unspecified atom stereocenters. The van der Waals surface area contributed by atoms with Crippen LogP contribution in [0, 0.1) is 5.92 Å². The molecule has 1 amide bonds. The van der Waals surface area contributed by atoms with Crippen molar-refractivity contribution in [3.05, 3.63) is 12.0 Å². The zero-order chi connectivity index (χ0) is 9.26. The van der Waals surface area contributed by atoms with Gasteiger partial charge in [-0.1, -0.05) is 0 Å². The first-order valence-corrected chi connectivity index (χ1v) is 3.74. The van der Waals surface area contributed by atoms with Gasteiger partial charge in [-0.3, -0.25) is 9.79 Å². The van der Waals surface area contributed by atoms with Crippen molar-refractivity contribution in [2.75, 3.05) is 7.11 Å². The zero-order valence-corrected chi connectivity index (χ0v) is 6.97. The van der Waals surface area contributed by atoms with Crippen LogP contribution in [0.15, 0.2) is 26.9 Å². The molecule has 0 aromatic heterocycles. The fourth-order valence-corrected chi connectivity index (χ4v) is 1.24. The highest BCUT2D eigenvalue weighted by Gasteiger charge is 2.31. The number of carbonyl (C=O) groups excluding carboxylic acids is 1. The van der Waals surface area contributed by atoms with Crippen LogP contribution in [0.25, 0.3) is 0 Å². The standard InChI is InChI=1S/C8H7N3O2/c1-13-6-3-9-2-5-7(6)8(12)11-4-10-5/h2-4,7H,1H3. The van der Waals surface area contributed by atoms with Crippen molar-refractivity contribution in [2.24, 2.45) is 20.9 Å². The third-order valence-electron chi connectivity index (χ3n) is 1.86. The highest BCUT2D eigenvalue weighted by molar-refractivity contribution is 6.40. The summed E-state index contributed by atoms with van der Waals surface area (Å²) in [6.07, 6.45) is 4.28. The summed E-state index contributed by atoms with van der Waals surface area (Å²) in [6, 6.07) is 0. The van der Waals surface area contributed by atoms with E-state index in [1.165, 1.54) is 25.9 Å². The molecule has 0 aromatic rings. The highest BCUT2D eigenvalue weighted by atomic mass is 16.5. The molecule has 66 valence electrons. The molecule has 1 atom stereocenters. The van der Waals surface area contributed by atoms with E-state index in [-0.39, 0.29) is 5.91 Å². The van der Waals surface area contributed by atoms with Crippen LogP contribution in [0.4, 0.5) is 0 Å². The second-order valence-corrected chi connectivity index (χ2v) is 2.58. The normalized spacial score (nSPS) is 25.0. The third kappa shape index (κ3) is 1.18. The Morgan fingerprint density at radius 2 is 2.38 bits per heavy atom. The van der Waals surface area contributed by atoms with E-state index in [1.807, 2.05) is 0 Å². The summed E-state index contributed by atoms with van der Waals surface area (Å²) in [6.45, 7) is 0. The largest absolute Gasteiger partial charge is 0.498 e. The lowest BCUT2D eigenvalue weighted by atomic mass is 9.98. The van der Waals surface area contributed by atoms with E-state index < -0.39 is 5.92 Å². The van der Waals surface area contributed by atoms with E-state index in [2.05, 4.69) is 15.0 Å². The molecule has 2 rings (SSSR count). The molecule has 0 saturated carbocycles. The van der Waals surface area contributed by atoms with Gasteiger partial charge in [0.15, 0.2) is 0 Å². The van der Waals surface area contributed by atoms with Crippen molar-refractivity contribution in [2.45, 2.75) is 0 Å². The maximum Gasteiger partial charge on any atom is 0.264 e. The Kier molecular flexibility index (Phi) is 1.77. The first-order valence-electron chi connectivity index (χ1n) is 3.74. The van der Waals surface area contributed by atoms with Crippen LogP contribution in [0.1, 0.15) is 0 Å². The van der Waals surface area contributed by atoms with Gasteiger partial charge in [-0.05, 0) is 0 Å². The third-order valence-corrected chi connectivity index (χ3v) is 1.86. The van der Waals surface area contributed by atoms with Crippen LogP contribution in [0.3, 0.4) is 0 Å². The van der Waals surface area contributed by atoms with Crippen LogP contribution in [-0.4, -0.2) is 31.3 Å². The van der Waals surface area contributed by atoms with Crippen LogP contribution in [0.2, 0.25) is 0 Å². The van der Waals surface area contributed by atoms with Gasteiger partial charge < -0.3 is 4.74 Å². The lowest BCUT2D eigenvalue weighted by molar-refractivity contribution is -0.119. The van der Waals surface area contributed by atoms with E-state index in [0.29, 0.717) is 11.5 Å². The molecule has 0 bridgehead atoms. The van der Waals surface area contributed by atoms with E-state index in [9.17, 15) is 4.79 Å². The Hall–Kier alpha value is -1.78. The van der Waals surface area contributed by atoms with Gasteiger partial charge in [0.1, 0.15) is 18.0 Å². The van der Waals surface area contributed by atoms with Gasteiger partial charge in [0.25, 0.3) is 5.91 Å². The summed E-state index contributed by atoms with van der Waals surface area (Å²) in [5.74, 6) is -0.264. The topological polar surface area (TPSA) is 63.4 Å². The van der Waals surface area contributed by atoms with E-state index in [1.54, 1.807) is 0 Å². The maximum absolute atomic E-state index is 11.3. The monoisotopic (exact) mass is 177 g/mol. The molecule has 2 aliphatic rings. The summed E-state index contributed by atoms with van der Waals surface area (Å²) in [7, 11) is 1.50. The molecule has 0 radical (unpaired) electrons. The van der Waals surface area contributed by atoms with Gasteiger partial charge in [0.2, 0.25) is 0 Å². The second kappa shape index (κ2) is 2.93. The first-order chi connectivity index (χ1) is 6.33. The molecule has 13 heavy (non-hydrogen) atoms. The van der Waals surface area contributed by atoms with Crippen LogP contribution >= 0.6 is 0 Å². The lowest BCUT2D eigenvalue weighted by Gasteiger charge is -2.19. The van der Waals surface area contributed by atoms with Gasteiger partial charge in [0, 0.05) is 6.21 Å². The summed E-state index contributed by atoms with van der Waals surface area (Å²) in [5.41, 5.74) is 0.583. The minimum absolute atomic E-state index is 0.260. The van der Waals surface area contributed by atoms with Crippen LogP contribution in [0.5, 0.6) is 0 Å². The van der Waals surface area contributed by atoms with Crippen molar-refractivity contribution in [1.82, 2.24) is 0 Å². The lowest BCUT2D eigenvalue weighted by Crippen LogP contribution is -2.31. The summed E-state index contributed by atoms with van der Waals surface area (Å²) in [5, 5.41) is 0. The number of amides is 1. The van der Waals surface area contributed by atoms with Crippen LogP contribution < -0.4 is 0 Å². The van der Waals surface area contributed by atoms with E-state index in [4.69, 9.17) is 4.74 Å². The number of rotatable bonds is 1. The number of hydrogen-bond donors (Lipinski definition) is 0. The molecule has 5 heteroatoms. The maximum atomic E-state index is 11.3. The van der Waals surface area contributed by atoms with E-state index >= 15 is 0 Å². The quantitative estimate of drug-likeness (QED) is 0.573. The smallest absolute Gasteiger partial charge is 0.264 e. The van der Waals surface area contributed by atoms with Crippen molar-refractivity contribution < 1.29 is 9.53 Å². The Balaban J connectivity index is 2.42. The SMILES string of the molecule is COC1=CN=CC2=NC=NC(=O)C12. The number of ether oxygens (including phenoxy) is 1. The molecule has 0 spiro atoms. The van der Waals surface area contributed by atoms with Gasteiger partial charge in [-0.15, -0.1) is 0 Å². The molecule has 0 saturated heterocycles. The predicted molar refractivity (Wildman–Crippen MR) is 48.0 cm³/mol. The van der Waals surface area contributed by atoms with Crippen molar-refractivity contribution >= 4 is 24.2 Å². The molecule has 2 heterocycles. The van der Waals surface area contributed by atoms with Gasteiger partial charge in [0.05, 0.1) is 19.0 Å². The van der Waals surface area contributed by atoms with Gasteiger partial charge in [-0.25, -0.2) is 9.98 Å². The molecule has 0 aliphatic carbocycles. The van der Waals surface area contributed by atoms with Crippen molar-refractivity contribution in [3.63, 3.8) is 0 Å². The average molecular weight is 177 g/mol. The molecule has 0 fully saturated rings. The second-order valence-electron chi connectivity index (χ2n) is 2.58. The Labute approximate surface area is 74.6 Å². The first kappa shape index (κ1) is 7.85. The Bertz CT molecular complexity index is 366. The summed E-state index contributed by atoms with van der Waals surface area (Å²) in [4.78, 5) is 22.7. The van der Waals surface area contributed by atoms with Gasteiger partial charge >= 0.3 is 0 Å². The van der Waals surface area contributed by atoms with E-state index in [0.717, 1.165) is 0 Å². The Morgan fingerprint density at radius 3 is 3.15 bits per heavy atom.